The zero-order chi connectivity index (χ0) is 22.2. The quantitative estimate of drug-likeness (QED) is 0.468. The van der Waals surface area contributed by atoms with E-state index in [-0.39, 0.29) is 12.3 Å². The molecule has 0 amide bonds. The molecular formula is C25H22N6O. The van der Waals surface area contributed by atoms with Crippen LogP contribution in [-0.4, -0.2) is 43.8 Å². The van der Waals surface area contributed by atoms with Crippen molar-refractivity contribution in [2.75, 3.05) is 13.1 Å². The van der Waals surface area contributed by atoms with E-state index >= 15 is 0 Å². The molecule has 0 aliphatic carbocycles. The van der Waals surface area contributed by atoms with Gasteiger partial charge in [0.2, 0.25) is 0 Å². The molecule has 0 unspecified atom stereocenters. The number of nitrogens with zero attached hydrogens (tertiary/aromatic N) is 5. The molecule has 1 aliphatic heterocycles. The minimum atomic E-state index is 0.247. The monoisotopic (exact) mass is 423 g/mol. The fraction of sp³-hybridized carbons (Fsp3) is 0.200. The van der Waals surface area contributed by atoms with E-state index in [0.717, 1.165) is 70.6 Å². The van der Waals surface area contributed by atoms with Crippen molar-refractivity contribution in [2.45, 2.75) is 18.9 Å². The van der Waals surface area contributed by atoms with Crippen LogP contribution in [0.4, 0.5) is 0 Å². The number of hydrogen-bond acceptors (Lipinski definition) is 6. The molecule has 0 saturated carbocycles. The Bertz CT molecular complexity index is 1440. The Kier molecular flexibility index (Phi) is 4.46. The molecule has 0 bridgehead atoms. The van der Waals surface area contributed by atoms with Crippen LogP contribution in [-0.2, 0) is 0 Å². The van der Waals surface area contributed by atoms with E-state index in [4.69, 9.17) is 11.1 Å². The fourth-order valence-electron chi connectivity index (χ4n) is 4.21. The van der Waals surface area contributed by atoms with Crippen molar-refractivity contribution in [1.29, 1.82) is 0 Å². The molecule has 5 aromatic rings. The number of hydrogen-bond donors (Lipinski definition) is 1. The number of piperidine rings is 1. The highest BCUT2D eigenvalue weighted by Crippen LogP contribution is 2.30. The predicted octanol–water partition coefficient (Wildman–Crippen LogP) is 4.14. The van der Waals surface area contributed by atoms with E-state index in [0.29, 0.717) is 0 Å². The van der Waals surface area contributed by atoms with Crippen LogP contribution < -0.4 is 10.1 Å². The molecule has 1 aliphatic rings. The Morgan fingerprint density at radius 1 is 0.938 bits per heavy atom. The first-order valence-corrected chi connectivity index (χ1v) is 10.8. The summed E-state index contributed by atoms with van der Waals surface area (Å²) in [6.07, 6.45) is 9.88. The summed E-state index contributed by atoms with van der Waals surface area (Å²) in [5, 5.41) is 8.86. The molecule has 1 saturated heterocycles. The molecule has 7 heteroatoms. The first-order valence-electron chi connectivity index (χ1n) is 11.3. The van der Waals surface area contributed by atoms with Gasteiger partial charge in [-0.3, -0.25) is 9.97 Å². The average Bonchev–Trinajstić information content (AvgIpc) is 3.28. The lowest BCUT2D eigenvalue weighted by Gasteiger charge is -2.23. The minimum absolute atomic E-state index is 0.247. The van der Waals surface area contributed by atoms with E-state index in [1.165, 1.54) is 0 Å². The molecule has 7 nitrogen and oxygen atoms in total. The number of ether oxygens (including phenoxy) is 1. The van der Waals surface area contributed by atoms with Crippen molar-refractivity contribution in [1.82, 2.24) is 29.9 Å². The maximum atomic E-state index is 7.78. The molecule has 1 fully saturated rings. The molecule has 6 rings (SSSR count). The molecule has 4 aromatic heterocycles. The third-order valence-corrected chi connectivity index (χ3v) is 5.86. The van der Waals surface area contributed by atoms with Crippen LogP contribution in [0.15, 0.2) is 73.4 Å². The van der Waals surface area contributed by atoms with Gasteiger partial charge in [-0.2, -0.15) is 5.10 Å². The summed E-state index contributed by atoms with van der Waals surface area (Å²) in [7, 11) is 0. The first-order chi connectivity index (χ1) is 16.2. The Morgan fingerprint density at radius 2 is 1.88 bits per heavy atom. The van der Waals surface area contributed by atoms with E-state index in [2.05, 4.69) is 20.4 Å². The highest BCUT2D eigenvalue weighted by molar-refractivity contribution is 5.97. The summed E-state index contributed by atoms with van der Waals surface area (Å²) in [5.41, 5.74) is 5.15. The van der Waals surface area contributed by atoms with Gasteiger partial charge in [-0.25, -0.2) is 9.50 Å². The smallest absolute Gasteiger partial charge is 0.162 e. The summed E-state index contributed by atoms with van der Waals surface area (Å²) in [5.74, 6) is 0.793. The normalized spacial score (nSPS) is 15.2. The predicted molar refractivity (Wildman–Crippen MR) is 123 cm³/mol. The first kappa shape index (κ1) is 17.8. The highest BCUT2D eigenvalue weighted by Gasteiger charge is 2.15. The summed E-state index contributed by atoms with van der Waals surface area (Å²) in [6.45, 7) is 1.99. The van der Waals surface area contributed by atoms with Gasteiger partial charge in [-0.1, -0.05) is 18.2 Å². The van der Waals surface area contributed by atoms with E-state index in [1.54, 1.807) is 16.8 Å². The number of fused-ring (bicyclic) bond motifs is 2. The van der Waals surface area contributed by atoms with Crippen LogP contribution in [0.1, 0.15) is 14.2 Å². The van der Waals surface area contributed by atoms with Crippen molar-refractivity contribution in [3.63, 3.8) is 0 Å². The van der Waals surface area contributed by atoms with Crippen molar-refractivity contribution >= 4 is 16.6 Å². The molecule has 32 heavy (non-hydrogen) atoms. The molecule has 0 radical (unpaired) electrons. The Labute approximate surface area is 186 Å². The summed E-state index contributed by atoms with van der Waals surface area (Å²) in [6, 6.07) is 13.4. The van der Waals surface area contributed by atoms with E-state index < -0.39 is 0 Å². The third kappa shape index (κ3) is 3.46. The number of aromatic nitrogens is 5. The van der Waals surface area contributed by atoms with E-state index in [9.17, 15) is 0 Å². The van der Waals surface area contributed by atoms with Crippen LogP contribution in [0.2, 0.25) is 0 Å². The molecule has 0 spiro atoms. The Morgan fingerprint density at radius 3 is 2.75 bits per heavy atom. The third-order valence-electron chi connectivity index (χ3n) is 5.86. The van der Waals surface area contributed by atoms with Gasteiger partial charge >= 0.3 is 0 Å². The lowest BCUT2D eigenvalue weighted by atomic mass is 10.0. The van der Waals surface area contributed by atoms with Gasteiger partial charge in [0.1, 0.15) is 11.9 Å². The minimum Gasteiger partial charge on any atom is -0.489 e. The molecule has 1 aromatic carbocycles. The lowest BCUT2D eigenvalue weighted by Crippen LogP contribution is -2.34. The zero-order valence-corrected chi connectivity index (χ0v) is 17.4. The van der Waals surface area contributed by atoms with Crippen LogP contribution in [0.5, 0.6) is 5.75 Å². The van der Waals surface area contributed by atoms with Gasteiger partial charge in [-0.15, -0.1) is 0 Å². The molecule has 1 N–H and O–H groups in total. The van der Waals surface area contributed by atoms with E-state index in [1.807, 2.05) is 55.0 Å². The maximum Gasteiger partial charge on any atom is 0.162 e. The molecule has 5 heterocycles. The number of rotatable bonds is 4. The second-order valence-electron chi connectivity index (χ2n) is 7.93. The molecular weight excluding hydrogens is 400 g/mol. The summed E-state index contributed by atoms with van der Waals surface area (Å²) >= 11 is 0. The number of pyridine rings is 2. The van der Waals surface area contributed by atoms with Crippen molar-refractivity contribution < 1.29 is 6.11 Å². The van der Waals surface area contributed by atoms with Gasteiger partial charge < -0.3 is 10.1 Å². The van der Waals surface area contributed by atoms with Crippen LogP contribution in [0.25, 0.3) is 38.9 Å². The lowest BCUT2D eigenvalue weighted by molar-refractivity contribution is 0.162. The van der Waals surface area contributed by atoms with Gasteiger partial charge in [0, 0.05) is 35.1 Å². The SMILES string of the molecule is [2H]c1ccc2c(-c3cnn4cc(-c5ccc(OC6CCNCC6)cn5)cnc34)cccc2n1. The van der Waals surface area contributed by atoms with Gasteiger partial charge in [0.05, 0.1) is 25.0 Å². The Balaban J connectivity index is 1.30. The summed E-state index contributed by atoms with van der Waals surface area (Å²) < 4.78 is 15.6. The van der Waals surface area contributed by atoms with Gasteiger partial charge in [0.15, 0.2) is 5.65 Å². The van der Waals surface area contributed by atoms with Crippen molar-refractivity contribution in [3.8, 4) is 28.1 Å². The fourth-order valence-corrected chi connectivity index (χ4v) is 4.21. The van der Waals surface area contributed by atoms with Gasteiger partial charge in [0.25, 0.3) is 0 Å². The van der Waals surface area contributed by atoms with Crippen molar-refractivity contribution in [2.24, 2.45) is 0 Å². The van der Waals surface area contributed by atoms with Crippen LogP contribution in [0, 0.1) is 0 Å². The maximum absolute atomic E-state index is 7.78. The number of nitrogens with one attached hydrogen (secondary N) is 1. The average molecular weight is 423 g/mol. The van der Waals surface area contributed by atoms with Gasteiger partial charge in [-0.05, 0) is 55.8 Å². The van der Waals surface area contributed by atoms with Crippen LogP contribution in [0.3, 0.4) is 0 Å². The second-order valence-corrected chi connectivity index (χ2v) is 7.93. The number of benzene rings is 1. The van der Waals surface area contributed by atoms with Crippen LogP contribution >= 0.6 is 0 Å². The standard InChI is InChI=1S/C25H22N6O/c1-3-20(21-4-2-10-27-24(21)5-1)22-15-30-31-16-17(13-29-25(22)31)23-7-6-19(14-28-23)32-18-8-11-26-12-9-18/h1-7,10,13-16,18,26H,8-9,11-12H2/i10D. The topological polar surface area (TPSA) is 77.2 Å². The second kappa shape index (κ2) is 8.01. The molecule has 0 atom stereocenters. The Hall–Kier alpha value is -3.84. The zero-order valence-electron chi connectivity index (χ0n) is 18.4. The molecule has 158 valence electrons. The highest BCUT2D eigenvalue weighted by atomic mass is 16.5. The summed E-state index contributed by atoms with van der Waals surface area (Å²) in [4.78, 5) is 13.6. The van der Waals surface area contributed by atoms with Crippen molar-refractivity contribution in [3.05, 3.63) is 73.4 Å². The largest absolute Gasteiger partial charge is 0.489 e.